The summed E-state index contributed by atoms with van der Waals surface area (Å²) in [6.45, 7) is 52.9. The van der Waals surface area contributed by atoms with Crippen molar-refractivity contribution in [2.45, 2.75) is 217 Å². The van der Waals surface area contributed by atoms with Crippen molar-refractivity contribution in [3.8, 4) is 0 Å². The van der Waals surface area contributed by atoms with Crippen molar-refractivity contribution in [1.82, 2.24) is 0 Å². The minimum absolute atomic E-state index is 0.884. The van der Waals surface area contributed by atoms with Crippen LogP contribution in [0.2, 0.25) is 0 Å². The van der Waals surface area contributed by atoms with E-state index in [0.29, 0.717) is 0 Å². The standard InChI is InChI=1S/C7H16.C6H12.C5H12.C4H10.2C3H8.4C2H6.C2H4/c1-4-6-7(3)5-2;1-3-6-4-5(6)2;1-4-5(2)3;1-3-4-2;2*1-3-2;5*1-2/h7H,4-6H2,1-3H3;5-6H,3-4H2,1-2H3;5H,4H2,1-3H3;3-4H2,1-2H3;2*3H2,1-2H3;4*1-2H3;1-2H2. The lowest BCUT2D eigenvalue weighted by Crippen LogP contribution is -1.88. The van der Waals surface area contributed by atoms with Crippen LogP contribution in [0.5, 0.6) is 0 Å². The molecule has 0 N–H and O–H groups in total. The van der Waals surface area contributed by atoms with Crippen LogP contribution in [-0.2, 0) is 0 Å². The summed E-state index contributed by atoms with van der Waals surface area (Å²) >= 11 is 0. The second-order valence-corrected chi connectivity index (χ2v) is 8.90. The smallest absolute Gasteiger partial charge is 0.0388 e. The minimum Gasteiger partial charge on any atom is -0.106 e. The molecule has 1 saturated carbocycles. The number of hydrogen-bond donors (Lipinski definition) is 0. The highest BCUT2D eigenvalue weighted by Crippen LogP contribution is 2.39. The molecule has 0 aromatic rings. The van der Waals surface area contributed by atoms with Crippen LogP contribution in [0.15, 0.2) is 13.2 Å². The molecule has 1 aliphatic rings. The van der Waals surface area contributed by atoms with E-state index >= 15 is 0 Å². The molecule has 38 heavy (non-hydrogen) atoms. The van der Waals surface area contributed by atoms with E-state index in [0.717, 1.165) is 23.7 Å². The van der Waals surface area contributed by atoms with Crippen molar-refractivity contribution < 1.29 is 0 Å². The van der Waals surface area contributed by atoms with Crippen molar-refractivity contribution in [2.75, 3.05) is 0 Å². The predicted octanol–water partition coefficient (Wildman–Crippen LogP) is 16.5. The Hall–Kier alpha value is -0.260. The van der Waals surface area contributed by atoms with Gasteiger partial charge in [0.2, 0.25) is 0 Å². The fraction of sp³-hybridized carbons (Fsp3) is 0.947. The number of rotatable bonds is 6. The molecule has 0 amide bonds. The van der Waals surface area contributed by atoms with Crippen LogP contribution in [0.25, 0.3) is 0 Å². The van der Waals surface area contributed by atoms with Gasteiger partial charge in [0, 0.05) is 0 Å². The highest BCUT2D eigenvalue weighted by molar-refractivity contribution is 4.80. The third kappa shape index (κ3) is 174. The van der Waals surface area contributed by atoms with Crippen LogP contribution in [0.4, 0.5) is 0 Å². The number of unbranched alkanes of at least 4 members (excludes halogenated alkanes) is 1. The molecule has 3 atom stereocenters. The molecule has 0 heterocycles. The molecule has 0 aromatic heterocycles. The molecular formula is C38H94. The summed E-state index contributed by atoms with van der Waals surface area (Å²) in [5.41, 5.74) is 0. The topological polar surface area (TPSA) is 0 Å². The van der Waals surface area contributed by atoms with E-state index in [1.54, 1.807) is 0 Å². The first kappa shape index (κ1) is 66.2. The molecule has 3 unspecified atom stereocenters. The lowest BCUT2D eigenvalue weighted by Gasteiger charge is -2.02. The molecule has 0 aliphatic heterocycles. The van der Waals surface area contributed by atoms with Gasteiger partial charge in [0.15, 0.2) is 0 Å². The summed E-state index contributed by atoms with van der Waals surface area (Å²) in [6.07, 6.45) is 13.4. The first-order valence-corrected chi connectivity index (χ1v) is 17.7. The Labute approximate surface area is 253 Å². The fourth-order valence-electron chi connectivity index (χ4n) is 1.66. The SMILES string of the molecule is C=C.CC.CC.CC.CC.CCC.CCC.CCC(C)C.CCC1CC1C.CCCC.CCCC(C)CC. The molecule has 0 saturated heterocycles. The largest absolute Gasteiger partial charge is 0.106 e. The second-order valence-electron chi connectivity index (χ2n) is 8.90. The third-order valence-electron chi connectivity index (χ3n) is 4.60. The van der Waals surface area contributed by atoms with Gasteiger partial charge in [0.05, 0.1) is 0 Å². The molecule has 1 fully saturated rings. The van der Waals surface area contributed by atoms with Gasteiger partial charge in [-0.15, -0.1) is 13.2 Å². The van der Waals surface area contributed by atoms with Crippen LogP contribution in [0, 0.1) is 23.7 Å². The third-order valence-corrected chi connectivity index (χ3v) is 4.60. The van der Waals surface area contributed by atoms with Crippen LogP contribution < -0.4 is 0 Å². The van der Waals surface area contributed by atoms with Crippen molar-refractivity contribution in [3.05, 3.63) is 13.2 Å². The molecule has 0 heteroatoms. The van der Waals surface area contributed by atoms with Crippen molar-refractivity contribution in [3.63, 3.8) is 0 Å². The molecular weight excluding hydrogens is 456 g/mol. The average molecular weight is 551 g/mol. The lowest BCUT2D eigenvalue weighted by molar-refractivity contribution is 0.509. The summed E-state index contributed by atoms with van der Waals surface area (Å²) in [6, 6.07) is 0. The van der Waals surface area contributed by atoms with E-state index in [9.17, 15) is 0 Å². The van der Waals surface area contributed by atoms with Crippen LogP contribution in [-0.4, -0.2) is 0 Å². The van der Waals surface area contributed by atoms with Crippen LogP contribution in [0.1, 0.15) is 217 Å². The monoisotopic (exact) mass is 551 g/mol. The van der Waals surface area contributed by atoms with Gasteiger partial charge in [-0.3, -0.25) is 0 Å². The van der Waals surface area contributed by atoms with Gasteiger partial charge >= 0.3 is 0 Å². The van der Waals surface area contributed by atoms with Gasteiger partial charge in [-0.1, -0.05) is 210 Å². The summed E-state index contributed by atoms with van der Waals surface area (Å²) in [5.74, 6) is 4.00. The Balaban J connectivity index is -0.0000000295. The van der Waals surface area contributed by atoms with Gasteiger partial charge in [-0.05, 0) is 30.1 Å². The quantitative estimate of drug-likeness (QED) is 0.288. The lowest BCUT2D eigenvalue weighted by atomic mass is 10.0. The maximum Gasteiger partial charge on any atom is -0.0388 e. The minimum atomic E-state index is 0.884. The Bertz CT molecular complexity index is 200. The second kappa shape index (κ2) is 99.3. The molecule has 0 aromatic carbocycles. The van der Waals surface area contributed by atoms with Gasteiger partial charge in [-0.25, -0.2) is 0 Å². The van der Waals surface area contributed by atoms with Crippen LogP contribution >= 0.6 is 0 Å². The summed E-state index contributed by atoms with van der Waals surface area (Å²) in [4.78, 5) is 0. The summed E-state index contributed by atoms with van der Waals surface area (Å²) in [7, 11) is 0. The molecule has 1 aliphatic carbocycles. The highest BCUT2D eigenvalue weighted by atomic mass is 14.3. The molecule has 0 nitrogen and oxygen atoms in total. The molecule has 0 radical (unpaired) electrons. The van der Waals surface area contributed by atoms with Crippen molar-refractivity contribution in [2.24, 2.45) is 23.7 Å². The van der Waals surface area contributed by atoms with Crippen LogP contribution in [0.3, 0.4) is 0 Å². The average Bonchev–Trinajstić information content (AvgIpc) is 3.71. The van der Waals surface area contributed by atoms with E-state index in [1.807, 2.05) is 55.4 Å². The summed E-state index contributed by atoms with van der Waals surface area (Å²) in [5, 5.41) is 0. The first-order chi connectivity index (χ1) is 18.2. The van der Waals surface area contributed by atoms with E-state index in [4.69, 9.17) is 0 Å². The van der Waals surface area contributed by atoms with Gasteiger partial charge in [0.25, 0.3) is 0 Å². The molecule has 0 bridgehead atoms. The normalized spacial score (nSPS) is 13.1. The van der Waals surface area contributed by atoms with E-state index < -0.39 is 0 Å². The van der Waals surface area contributed by atoms with E-state index in [2.05, 4.69) is 110 Å². The number of hydrogen-bond acceptors (Lipinski definition) is 0. The molecule has 1 rings (SSSR count). The first-order valence-electron chi connectivity index (χ1n) is 17.7. The zero-order valence-electron chi connectivity index (χ0n) is 32.8. The zero-order chi connectivity index (χ0) is 33.4. The van der Waals surface area contributed by atoms with E-state index in [-0.39, 0.29) is 0 Å². The Kier molecular flexibility index (Phi) is 173. The predicted molar refractivity (Wildman–Crippen MR) is 196 cm³/mol. The van der Waals surface area contributed by atoms with Gasteiger partial charge in [-0.2, -0.15) is 0 Å². The maximum absolute atomic E-state index is 3.00. The van der Waals surface area contributed by atoms with Gasteiger partial charge < -0.3 is 0 Å². The Morgan fingerprint density at radius 1 is 0.553 bits per heavy atom. The molecule has 0 spiro atoms. The van der Waals surface area contributed by atoms with Crippen molar-refractivity contribution >= 4 is 0 Å². The van der Waals surface area contributed by atoms with Crippen molar-refractivity contribution in [1.29, 1.82) is 0 Å². The van der Waals surface area contributed by atoms with Gasteiger partial charge in [0.1, 0.15) is 0 Å². The Morgan fingerprint density at radius 3 is 0.816 bits per heavy atom. The Morgan fingerprint density at radius 2 is 0.789 bits per heavy atom. The zero-order valence-corrected chi connectivity index (χ0v) is 32.8. The van der Waals surface area contributed by atoms with E-state index in [1.165, 1.54) is 64.2 Å². The maximum atomic E-state index is 3.00. The summed E-state index contributed by atoms with van der Waals surface area (Å²) < 4.78 is 0. The molecule has 246 valence electrons. The fourth-order valence-corrected chi connectivity index (χ4v) is 1.66. The highest BCUT2D eigenvalue weighted by Gasteiger charge is 2.29.